The standard InChI is InChI=1S/C27H26N2O4S2/c1-19-7-9-20(10-8-19)15-26(30)28-27-29(24-17-35(31,32)18-25(24)34-27)22-11-13-23(14-12-22)33-16-21-5-3-2-4-6-21/h2-14,24-25H,15-18H2,1H3. The molecule has 0 aliphatic carbocycles. The highest BCUT2D eigenvalue weighted by Crippen LogP contribution is 2.41. The molecular formula is C27H26N2O4S2. The molecule has 0 N–H and O–H groups in total. The van der Waals surface area contributed by atoms with Crippen molar-refractivity contribution >= 4 is 38.4 Å². The summed E-state index contributed by atoms with van der Waals surface area (Å²) in [6.45, 7) is 2.46. The van der Waals surface area contributed by atoms with Crippen molar-refractivity contribution in [2.75, 3.05) is 16.4 Å². The Morgan fingerprint density at radius 2 is 1.69 bits per heavy atom. The highest BCUT2D eigenvalue weighted by molar-refractivity contribution is 8.16. The lowest BCUT2D eigenvalue weighted by atomic mass is 10.1. The van der Waals surface area contributed by atoms with Crippen LogP contribution in [0.2, 0.25) is 0 Å². The number of hydrogen-bond acceptors (Lipinski definition) is 5. The number of hydrogen-bond donors (Lipinski definition) is 0. The van der Waals surface area contributed by atoms with Gasteiger partial charge in [0.15, 0.2) is 15.0 Å². The molecule has 3 aromatic carbocycles. The van der Waals surface area contributed by atoms with Crippen LogP contribution < -0.4 is 9.64 Å². The van der Waals surface area contributed by atoms with Crippen LogP contribution in [0.25, 0.3) is 0 Å². The number of fused-ring (bicyclic) bond motifs is 1. The zero-order valence-electron chi connectivity index (χ0n) is 19.3. The smallest absolute Gasteiger partial charge is 0.252 e. The number of amides is 1. The number of amidine groups is 1. The van der Waals surface area contributed by atoms with E-state index in [1.807, 2.05) is 90.7 Å². The van der Waals surface area contributed by atoms with Gasteiger partial charge in [-0.25, -0.2) is 8.42 Å². The third-order valence-electron chi connectivity index (χ3n) is 6.13. The molecule has 180 valence electrons. The molecule has 0 aromatic heterocycles. The van der Waals surface area contributed by atoms with E-state index in [0.717, 1.165) is 22.4 Å². The zero-order valence-corrected chi connectivity index (χ0v) is 21.0. The topological polar surface area (TPSA) is 76.0 Å². The van der Waals surface area contributed by atoms with Crippen molar-refractivity contribution in [3.8, 4) is 5.75 Å². The van der Waals surface area contributed by atoms with Crippen molar-refractivity contribution in [1.82, 2.24) is 0 Å². The van der Waals surface area contributed by atoms with Crippen LogP contribution in [-0.2, 0) is 27.7 Å². The molecule has 3 aromatic rings. The summed E-state index contributed by atoms with van der Waals surface area (Å²) in [6.07, 6.45) is 0.206. The van der Waals surface area contributed by atoms with E-state index in [1.54, 1.807) is 0 Å². The minimum Gasteiger partial charge on any atom is -0.489 e. The average Bonchev–Trinajstić information content (AvgIpc) is 3.30. The number of anilines is 1. The molecule has 8 heteroatoms. The molecule has 6 nitrogen and oxygen atoms in total. The van der Waals surface area contributed by atoms with Gasteiger partial charge in [0.25, 0.3) is 5.91 Å². The second-order valence-electron chi connectivity index (χ2n) is 8.89. The summed E-state index contributed by atoms with van der Waals surface area (Å²) in [7, 11) is -3.13. The Kier molecular flexibility index (Phi) is 6.67. The first-order valence-electron chi connectivity index (χ1n) is 11.5. The number of ether oxygens (including phenoxy) is 1. The van der Waals surface area contributed by atoms with Crippen molar-refractivity contribution in [2.24, 2.45) is 4.99 Å². The van der Waals surface area contributed by atoms with Crippen LogP contribution in [0.5, 0.6) is 5.75 Å². The highest BCUT2D eigenvalue weighted by atomic mass is 32.2. The first-order chi connectivity index (χ1) is 16.9. The summed E-state index contributed by atoms with van der Waals surface area (Å²) in [6, 6.07) is 25.0. The third kappa shape index (κ3) is 5.60. The molecule has 2 fully saturated rings. The summed E-state index contributed by atoms with van der Waals surface area (Å²) >= 11 is 1.38. The van der Waals surface area contributed by atoms with Gasteiger partial charge in [0, 0.05) is 10.9 Å². The van der Waals surface area contributed by atoms with Gasteiger partial charge < -0.3 is 9.64 Å². The van der Waals surface area contributed by atoms with Crippen molar-refractivity contribution < 1.29 is 17.9 Å². The fraction of sp³-hybridized carbons (Fsp3) is 0.259. The largest absolute Gasteiger partial charge is 0.489 e. The van der Waals surface area contributed by atoms with Gasteiger partial charge in [-0.2, -0.15) is 4.99 Å². The van der Waals surface area contributed by atoms with Crippen molar-refractivity contribution in [3.05, 3.63) is 95.6 Å². The lowest BCUT2D eigenvalue weighted by Gasteiger charge is -2.24. The van der Waals surface area contributed by atoms with Crippen molar-refractivity contribution in [3.63, 3.8) is 0 Å². The minimum absolute atomic E-state index is 0.0576. The van der Waals surface area contributed by atoms with Gasteiger partial charge >= 0.3 is 0 Å². The van der Waals surface area contributed by atoms with Gasteiger partial charge in [0.2, 0.25) is 0 Å². The Balaban J connectivity index is 1.35. The fourth-order valence-corrected chi connectivity index (χ4v) is 8.27. The Morgan fingerprint density at radius 3 is 2.40 bits per heavy atom. The van der Waals surface area contributed by atoms with Gasteiger partial charge in [0.1, 0.15) is 12.4 Å². The van der Waals surface area contributed by atoms with Crippen LogP contribution in [-0.4, -0.2) is 42.3 Å². The maximum absolute atomic E-state index is 12.8. The summed E-state index contributed by atoms with van der Waals surface area (Å²) in [5.41, 5.74) is 3.92. The highest BCUT2D eigenvalue weighted by Gasteiger charge is 2.49. The van der Waals surface area contributed by atoms with Crippen LogP contribution in [0.15, 0.2) is 83.9 Å². The van der Waals surface area contributed by atoms with Crippen molar-refractivity contribution in [2.45, 2.75) is 31.2 Å². The molecule has 0 radical (unpaired) electrons. The third-order valence-corrected chi connectivity index (χ3v) is 9.34. The Bertz CT molecular complexity index is 1340. The Labute approximate surface area is 209 Å². The monoisotopic (exact) mass is 506 g/mol. The number of carbonyl (C=O) groups excluding carboxylic acids is 1. The van der Waals surface area contributed by atoms with Crippen LogP contribution in [0.4, 0.5) is 5.69 Å². The predicted molar refractivity (Wildman–Crippen MR) is 141 cm³/mol. The van der Waals surface area contributed by atoms with E-state index in [1.165, 1.54) is 11.8 Å². The van der Waals surface area contributed by atoms with E-state index in [4.69, 9.17) is 4.74 Å². The van der Waals surface area contributed by atoms with Gasteiger partial charge in [0.05, 0.1) is 24.0 Å². The van der Waals surface area contributed by atoms with E-state index in [9.17, 15) is 13.2 Å². The summed E-state index contributed by atoms with van der Waals surface area (Å²) < 4.78 is 30.5. The SMILES string of the molecule is Cc1ccc(CC(=O)N=C2SC3CS(=O)(=O)CC3N2c2ccc(OCc3ccccc3)cc2)cc1. The molecule has 35 heavy (non-hydrogen) atoms. The number of rotatable bonds is 6. The second kappa shape index (κ2) is 9.87. The molecule has 2 aliphatic heterocycles. The summed E-state index contributed by atoms with van der Waals surface area (Å²) in [5, 5.41) is 0.421. The lowest BCUT2D eigenvalue weighted by Crippen LogP contribution is -2.37. The molecule has 2 heterocycles. The number of benzene rings is 3. The van der Waals surface area contributed by atoms with Gasteiger partial charge in [-0.15, -0.1) is 0 Å². The van der Waals surface area contributed by atoms with Gasteiger partial charge in [-0.3, -0.25) is 4.79 Å². The minimum atomic E-state index is -3.13. The first kappa shape index (κ1) is 23.6. The van der Waals surface area contributed by atoms with E-state index in [-0.39, 0.29) is 35.1 Å². The summed E-state index contributed by atoms with van der Waals surface area (Å²) in [4.78, 5) is 19.1. The maximum atomic E-state index is 12.8. The van der Waals surface area contributed by atoms with Crippen LogP contribution in [0, 0.1) is 6.92 Å². The molecular weight excluding hydrogens is 480 g/mol. The number of nitrogens with zero attached hydrogens (tertiary/aromatic N) is 2. The van der Waals surface area contributed by atoms with E-state index in [0.29, 0.717) is 17.5 Å². The number of aryl methyl sites for hydroxylation is 1. The van der Waals surface area contributed by atoms with E-state index in [2.05, 4.69) is 4.99 Å². The van der Waals surface area contributed by atoms with Gasteiger partial charge in [-0.05, 0) is 42.3 Å². The predicted octanol–water partition coefficient (Wildman–Crippen LogP) is 4.42. The number of carbonyl (C=O) groups is 1. The second-order valence-corrected chi connectivity index (χ2v) is 12.2. The van der Waals surface area contributed by atoms with Crippen LogP contribution in [0.3, 0.4) is 0 Å². The Hall–Kier alpha value is -3.10. The molecule has 2 unspecified atom stereocenters. The summed E-state index contributed by atoms with van der Waals surface area (Å²) in [5.74, 6) is 0.630. The zero-order chi connectivity index (χ0) is 24.4. The van der Waals surface area contributed by atoms with Crippen LogP contribution >= 0.6 is 11.8 Å². The number of thioether (sulfide) groups is 1. The normalized spacial score (nSPS) is 21.7. The van der Waals surface area contributed by atoms with Crippen LogP contribution in [0.1, 0.15) is 16.7 Å². The first-order valence-corrected chi connectivity index (χ1v) is 14.2. The molecule has 0 bridgehead atoms. The van der Waals surface area contributed by atoms with E-state index < -0.39 is 9.84 Å². The molecule has 2 aliphatic rings. The maximum Gasteiger partial charge on any atom is 0.252 e. The quantitative estimate of drug-likeness (QED) is 0.493. The molecule has 2 saturated heterocycles. The number of sulfone groups is 1. The van der Waals surface area contributed by atoms with E-state index >= 15 is 0 Å². The number of aliphatic imine (C=N–C) groups is 1. The molecule has 0 spiro atoms. The molecule has 0 saturated carbocycles. The molecule has 2 atom stereocenters. The molecule has 1 amide bonds. The average molecular weight is 507 g/mol. The lowest BCUT2D eigenvalue weighted by molar-refractivity contribution is -0.117. The van der Waals surface area contributed by atoms with Gasteiger partial charge in [-0.1, -0.05) is 71.9 Å². The van der Waals surface area contributed by atoms with Crippen molar-refractivity contribution in [1.29, 1.82) is 0 Å². The molecule has 5 rings (SSSR count). The Morgan fingerprint density at radius 1 is 0.971 bits per heavy atom. The fourth-order valence-electron chi connectivity index (χ4n) is 4.34.